The Hall–Kier alpha value is -1.58. The zero-order chi connectivity index (χ0) is 13.8. The van der Waals surface area contributed by atoms with Gasteiger partial charge in [-0.3, -0.25) is 5.41 Å². The maximum atomic E-state index is 12.9. The van der Waals surface area contributed by atoms with E-state index in [-0.39, 0.29) is 17.1 Å². The summed E-state index contributed by atoms with van der Waals surface area (Å²) in [6, 6.07) is 4.48. The van der Waals surface area contributed by atoms with Crippen molar-refractivity contribution >= 4 is 5.84 Å². The fourth-order valence-corrected chi connectivity index (χ4v) is 1.61. The molecule has 1 aromatic carbocycles. The van der Waals surface area contributed by atoms with Gasteiger partial charge >= 0.3 is 0 Å². The number of nitrogens with two attached hydrogens (primary N) is 1. The van der Waals surface area contributed by atoms with Crippen LogP contribution in [0.5, 0.6) is 5.75 Å². The standard InChI is InChI=1S/C14H21FN2O/c1-10-9-11(15)5-6-12(10)18-8-4-7-14(2,3)13(16)17/h5-6,9H,4,7-8H2,1-3H3,(H3,16,17). The number of halogens is 1. The number of aryl methyl sites for hydroxylation is 1. The van der Waals surface area contributed by atoms with Crippen molar-refractivity contribution in [3.63, 3.8) is 0 Å². The molecule has 0 aromatic heterocycles. The van der Waals surface area contributed by atoms with E-state index in [9.17, 15) is 4.39 Å². The van der Waals surface area contributed by atoms with Crippen LogP contribution in [0.4, 0.5) is 4.39 Å². The van der Waals surface area contributed by atoms with E-state index in [0.717, 1.165) is 18.4 Å². The Balaban J connectivity index is 2.41. The molecular formula is C14H21FN2O. The Morgan fingerprint density at radius 2 is 2.11 bits per heavy atom. The molecule has 3 N–H and O–H groups in total. The van der Waals surface area contributed by atoms with Crippen molar-refractivity contribution < 1.29 is 9.13 Å². The minimum atomic E-state index is -0.290. The maximum Gasteiger partial charge on any atom is 0.123 e. The average molecular weight is 252 g/mol. The van der Waals surface area contributed by atoms with Gasteiger partial charge in [0.05, 0.1) is 12.4 Å². The van der Waals surface area contributed by atoms with Crippen LogP contribution in [0.2, 0.25) is 0 Å². The van der Waals surface area contributed by atoms with Gasteiger partial charge < -0.3 is 10.5 Å². The quantitative estimate of drug-likeness (QED) is 0.464. The lowest BCUT2D eigenvalue weighted by Gasteiger charge is -2.22. The zero-order valence-corrected chi connectivity index (χ0v) is 11.2. The molecule has 100 valence electrons. The molecule has 1 aromatic rings. The molecule has 0 aliphatic rings. The van der Waals surface area contributed by atoms with E-state index in [0.29, 0.717) is 12.4 Å². The minimum Gasteiger partial charge on any atom is -0.493 e. The summed E-state index contributed by atoms with van der Waals surface area (Å²) in [5.74, 6) is 0.648. The Bertz CT molecular complexity index is 430. The molecule has 4 heteroatoms. The van der Waals surface area contributed by atoms with Crippen molar-refractivity contribution in [3.05, 3.63) is 29.6 Å². The smallest absolute Gasteiger partial charge is 0.123 e. The highest BCUT2D eigenvalue weighted by molar-refractivity contribution is 5.82. The van der Waals surface area contributed by atoms with Crippen molar-refractivity contribution in [1.82, 2.24) is 0 Å². The van der Waals surface area contributed by atoms with Gasteiger partial charge in [-0.25, -0.2) is 4.39 Å². The first-order valence-corrected chi connectivity index (χ1v) is 6.06. The van der Waals surface area contributed by atoms with Crippen LogP contribution in [-0.4, -0.2) is 12.4 Å². The average Bonchev–Trinajstić information content (AvgIpc) is 2.26. The van der Waals surface area contributed by atoms with Gasteiger partial charge in [0.2, 0.25) is 0 Å². The molecule has 0 amide bonds. The molecule has 0 aliphatic heterocycles. The predicted molar refractivity (Wildman–Crippen MR) is 71.6 cm³/mol. The highest BCUT2D eigenvalue weighted by Crippen LogP contribution is 2.23. The summed E-state index contributed by atoms with van der Waals surface area (Å²) in [6.45, 7) is 6.25. The number of amidine groups is 1. The Morgan fingerprint density at radius 1 is 1.44 bits per heavy atom. The highest BCUT2D eigenvalue weighted by atomic mass is 19.1. The van der Waals surface area contributed by atoms with Crippen LogP contribution in [0.3, 0.4) is 0 Å². The third-order valence-corrected chi connectivity index (χ3v) is 3.07. The van der Waals surface area contributed by atoms with Gasteiger partial charge in [-0.2, -0.15) is 0 Å². The normalized spacial score (nSPS) is 11.3. The Morgan fingerprint density at radius 3 is 2.67 bits per heavy atom. The topological polar surface area (TPSA) is 59.1 Å². The third-order valence-electron chi connectivity index (χ3n) is 3.07. The monoisotopic (exact) mass is 252 g/mol. The van der Waals surface area contributed by atoms with Gasteiger partial charge in [0.1, 0.15) is 11.6 Å². The molecule has 0 radical (unpaired) electrons. The lowest BCUT2D eigenvalue weighted by molar-refractivity contribution is 0.285. The van der Waals surface area contributed by atoms with Crippen LogP contribution in [0.1, 0.15) is 32.3 Å². The molecule has 0 fully saturated rings. The number of rotatable bonds is 6. The molecule has 0 heterocycles. The zero-order valence-electron chi connectivity index (χ0n) is 11.2. The van der Waals surface area contributed by atoms with Crippen LogP contribution in [0.25, 0.3) is 0 Å². The summed E-state index contributed by atoms with van der Waals surface area (Å²) in [5, 5.41) is 7.45. The number of ether oxygens (including phenoxy) is 1. The lowest BCUT2D eigenvalue weighted by atomic mass is 9.87. The fraction of sp³-hybridized carbons (Fsp3) is 0.500. The SMILES string of the molecule is Cc1cc(F)ccc1OCCCC(C)(C)C(=N)N. The molecule has 3 nitrogen and oxygen atoms in total. The molecule has 0 bridgehead atoms. The van der Waals surface area contributed by atoms with Gasteiger partial charge in [0.15, 0.2) is 0 Å². The molecule has 0 saturated carbocycles. The largest absolute Gasteiger partial charge is 0.493 e. The fourth-order valence-electron chi connectivity index (χ4n) is 1.61. The van der Waals surface area contributed by atoms with Crippen LogP contribution in [0, 0.1) is 23.6 Å². The number of nitrogens with one attached hydrogen (secondary N) is 1. The second-order valence-corrected chi connectivity index (χ2v) is 5.16. The maximum absolute atomic E-state index is 12.9. The summed E-state index contributed by atoms with van der Waals surface area (Å²) in [4.78, 5) is 0. The van der Waals surface area contributed by atoms with E-state index in [1.54, 1.807) is 6.07 Å². The molecule has 0 aliphatic carbocycles. The molecular weight excluding hydrogens is 231 g/mol. The first-order chi connectivity index (χ1) is 8.33. The predicted octanol–water partition coefficient (Wildman–Crippen LogP) is 3.26. The van der Waals surface area contributed by atoms with E-state index in [2.05, 4.69) is 0 Å². The minimum absolute atomic E-state index is 0.195. The number of hydrogen-bond acceptors (Lipinski definition) is 2. The van der Waals surface area contributed by atoms with Crippen molar-refractivity contribution in [1.29, 1.82) is 5.41 Å². The van der Waals surface area contributed by atoms with Gasteiger partial charge in [-0.15, -0.1) is 0 Å². The van der Waals surface area contributed by atoms with Crippen molar-refractivity contribution in [2.45, 2.75) is 33.6 Å². The molecule has 0 spiro atoms. The molecule has 0 unspecified atom stereocenters. The third kappa shape index (κ3) is 4.02. The molecule has 18 heavy (non-hydrogen) atoms. The van der Waals surface area contributed by atoms with E-state index < -0.39 is 0 Å². The summed E-state index contributed by atoms with van der Waals surface area (Å²) in [6.07, 6.45) is 1.60. The van der Waals surface area contributed by atoms with E-state index in [4.69, 9.17) is 15.9 Å². The second-order valence-electron chi connectivity index (χ2n) is 5.16. The van der Waals surface area contributed by atoms with Crippen molar-refractivity contribution in [2.24, 2.45) is 11.1 Å². The molecule has 1 rings (SSSR count). The first kappa shape index (κ1) is 14.5. The van der Waals surface area contributed by atoms with Gasteiger partial charge in [-0.1, -0.05) is 13.8 Å². The van der Waals surface area contributed by atoms with Crippen LogP contribution in [0.15, 0.2) is 18.2 Å². The number of hydrogen-bond donors (Lipinski definition) is 2. The van der Waals surface area contributed by atoms with Crippen molar-refractivity contribution in [3.8, 4) is 5.75 Å². The first-order valence-electron chi connectivity index (χ1n) is 6.06. The van der Waals surface area contributed by atoms with E-state index in [1.165, 1.54) is 12.1 Å². The van der Waals surface area contributed by atoms with E-state index in [1.807, 2.05) is 20.8 Å². The molecule has 0 saturated heterocycles. The van der Waals surface area contributed by atoms with Crippen molar-refractivity contribution in [2.75, 3.05) is 6.61 Å². The van der Waals surface area contributed by atoms with Gasteiger partial charge in [-0.05, 0) is 43.5 Å². The second kappa shape index (κ2) is 5.85. The van der Waals surface area contributed by atoms with Gasteiger partial charge in [0.25, 0.3) is 0 Å². The summed E-state index contributed by atoms with van der Waals surface area (Å²) < 4.78 is 18.5. The van der Waals surface area contributed by atoms with Crippen LogP contribution >= 0.6 is 0 Å². The molecule has 0 atom stereocenters. The highest BCUT2D eigenvalue weighted by Gasteiger charge is 2.20. The number of benzene rings is 1. The summed E-state index contributed by atoms with van der Waals surface area (Å²) in [5.41, 5.74) is 6.01. The Kier molecular flexibility index (Phi) is 4.70. The lowest BCUT2D eigenvalue weighted by Crippen LogP contribution is -2.31. The van der Waals surface area contributed by atoms with E-state index >= 15 is 0 Å². The van der Waals surface area contributed by atoms with Crippen LogP contribution in [-0.2, 0) is 0 Å². The van der Waals surface area contributed by atoms with Gasteiger partial charge in [0, 0.05) is 5.41 Å². The summed E-state index contributed by atoms with van der Waals surface area (Å²) >= 11 is 0. The van der Waals surface area contributed by atoms with Crippen LogP contribution < -0.4 is 10.5 Å². The Labute approximate surface area is 108 Å². The summed E-state index contributed by atoms with van der Waals surface area (Å²) in [7, 11) is 0.